The van der Waals surface area contributed by atoms with Crippen molar-refractivity contribution in [2.24, 2.45) is 0 Å². The van der Waals surface area contributed by atoms with Gasteiger partial charge in [-0.3, -0.25) is 0 Å². The summed E-state index contributed by atoms with van der Waals surface area (Å²) in [5.41, 5.74) is 0.688. The molecular weight excluding hydrogens is 244 g/mol. The van der Waals surface area contributed by atoms with Crippen molar-refractivity contribution < 1.29 is 14.4 Å². The number of carboxylic acids is 1. The first-order valence-electron chi connectivity index (χ1n) is 4.83. The molecule has 7 nitrogen and oxygen atoms in total. The van der Waals surface area contributed by atoms with E-state index in [4.69, 9.17) is 9.63 Å². The number of aromatic nitrogens is 3. The normalized spacial score (nSPS) is 10.6. The van der Waals surface area contributed by atoms with Gasteiger partial charge >= 0.3 is 5.97 Å². The summed E-state index contributed by atoms with van der Waals surface area (Å²) in [5, 5.41) is 17.3. The van der Waals surface area contributed by atoms with Crippen molar-refractivity contribution in [3.8, 4) is 0 Å². The summed E-state index contributed by atoms with van der Waals surface area (Å²) >= 11 is 1.11. The summed E-state index contributed by atoms with van der Waals surface area (Å²) in [6.07, 6.45) is 0. The molecule has 0 spiro atoms. The van der Waals surface area contributed by atoms with E-state index in [1.54, 1.807) is 12.3 Å². The van der Waals surface area contributed by atoms with Crippen LogP contribution in [0.1, 0.15) is 27.2 Å². The standard InChI is InChI=1S/C9H10N4O3S/c1-5-11-7(13-16-5)3-10-2-6-4-17-8(12-6)9(14)15/h4,10H,2-3H2,1H3,(H,14,15). The molecule has 0 unspecified atom stereocenters. The SMILES string of the molecule is Cc1nc(CNCc2csc(C(=O)O)n2)no1. The molecule has 0 amide bonds. The number of aromatic carboxylic acids is 1. The monoisotopic (exact) mass is 254 g/mol. The summed E-state index contributed by atoms with van der Waals surface area (Å²) in [7, 11) is 0. The van der Waals surface area contributed by atoms with Crippen molar-refractivity contribution in [1.82, 2.24) is 20.4 Å². The van der Waals surface area contributed by atoms with Crippen LogP contribution in [0.3, 0.4) is 0 Å². The van der Waals surface area contributed by atoms with E-state index in [-0.39, 0.29) is 5.01 Å². The van der Waals surface area contributed by atoms with Crippen LogP contribution in [0, 0.1) is 6.92 Å². The average Bonchev–Trinajstić information content (AvgIpc) is 2.88. The fraction of sp³-hybridized carbons (Fsp3) is 0.333. The average molecular weight is 254 g/mol. The van der Waals surface area contributed by atoms with Gasteiger partial charge in [-0.25, -0.2) is 9.78 Å². The van der Waals surface area contributed by atoms with Crippen LogP contribution in [0.4, 0.5) is 0 Å². The maximum absolute atomic E-state index is 10.6. The van der Waals surface area contributed by atoms with Crippen molar-refractivity contribution >= 4 is 17.3 Å². The Kier molecular flexibility index (Phi) is 3.45. The van der Waals surface area contributed by atoms with E-state index < -0.39 is 5.97 Å². The zero-order valence-electron chi connectivity index (χ0n) is 9.01. The largest absolute Gasteiger partial charge is 0.476 e. The summed E-state index contributed by atoms with van der Waals surface area (Å²) in [6, 6.07) is 0. The van der Waals surface area contributed by atoms with Gasteiger partial charge in [-0.1, -0.05) is 5.16 Å². The second-order valence-electron chi connectivity index (χ2n) is 3.28. The molecule has 0 aliphatic heterocycles. The molecule has 2 heterocycles. The van der Waals surface area contributed by atoms with E-state index in [1.807, 2.05) is 0 Å². The minimum atomic E-state index is -1.00. The Bertz CT molecular complexity index is 522. The van der Waals surface area contributed by atoms with Crippen LogP contribution >= 0.6 is 11.3 Å². The van der Waals surface area contributed by atoms with Crippen molar-refractivity contribution in [2.75, 3.05) is 0 Å². The second kappa shape index (κ2) is 5.02. The third-order valence-corrected chi connectivity index (χ3v) is 2.77. The summed E-state index contributed by atoms with van der Waals surface area (Å²) < 4.78 is 4.81. The number of carbonyl (C=O) groups is 1. The molecule has 0 aliphatic carbocycles. The van der Waals surface area contributed by atoms with Gasteiger partial charge in [-0.05, 0) is 0 Å². The highest BCUT2D eigenvalue weighted by Crippen LogP contribution is 2.09. The van der Waals surface area contributed by atoms with Crippen LogP contribution in [-0.2, 0) is 13.1 Å². The van der Waals surface area contributed by atoms with E-state index >= 15 is 0 Å². The van der Waals surface area contributed by atoms with Crippen molar-refractivity contribution in [3.05, 3.63) is 27.8 Å². The lowest BCUT2D eigenvalue weighted by Gasteiger charge is -1.97. The van der Waals surface area contributed by atoms with E-state index in [0.29, 0.717) is 30.5 Å². The molecule has 0 saturated heterocycles. The van der Waals surface area contributed by atoms with E-state index in [1.165, 1.54) is 0 Å². The first kappa shape index (κ1) is 11.7. The van der Waals surface area contributed by atoms with Crippen LogP contribution in [0.2, 0.25) is 0 Å². The Labute approximate surface area is 100 Å². The van der Waals surface area contributed by atoms with Gasteiger partial charge in [-0.2, -0.15) is 4.98 Å². The highest BCUT2D eigenvalue weighted by Gasteiger charge is 2.08. The van der Waals surface area contributed by atoms with Gasteiger partial charge in [0.15, 0.2) is 5.82 Å². The molecule has 2 N–H and O–H groups in total. The van der Waals surface area contributed by atoms with Crippen LogP contribution < -0.4 is 5.32 Å². The van der Waals surface area contributed by atoms with Crippen LogP contribution in [0.5, 0.6) is 0 Å². The lowest BCUT2D eigenvalue weighted by molar-refractivity contribution is 0.0696. The third kappa shape index (κ3) is 3.08. The van der Waals surface area contributed by atoms with Crippen LogP contribution in [0.15, 0.2) is 9.90 Å². The molecule has 0 aliphatic rings. The molecule has 8 heteroatoms. The first-order valence-corrected chi connectivity index (χ1v) is 5.70. The van der Waals surface area contributed by atoms with Gasteiger partial charge in [0.1, 0.15) is 0 Å². The quantitative estimate of drug-likeness (QED) is 0.814. The molecule has 0 fully saturated rings. The third-order valence-electron chi connectivity index (χ3n) is 1.89. The molecular formula is C9H10N4O3S. The first-order chi connectivity index (χ1) is 8.15. The summed E-state index contributed by atoms with van der Waals surface area (Å²) in [5.74, 6) is 0.0786. The van der Waals surface area contributed by atoms with E-state index in [9.17, 15) is 4.79 Å². The van der Waals surface area contributed by atoms with E-state index in [2.05, 4.69) is 20.4 Å². The molecule has 0 saturated carbocycles. The Morgan fingerprint density at radius 3 is 2.94 bits per heavy atom. The number of hydrogen-bond acceptors (Lipinski definition) is 7. The number of rotatable bonds is 5. The van der Waals surface area contributed by atoms with Gasteiger partial charge in [0.2, 0.25) is 10.9 Å². The van der Waals surface area contributed by atoms with Crippen LogP contribution in [0.25, 0.3) is 0 Å². The fourth-order valence-electron chi connectivity index (χ4n) is 1.20. The number of thiazole rings is 1. The zero-order valence-corrected chi connectivity index (χ0v) is 9.82. The lowest BCUT2D eigenvalue weighted by Crippen LogP contribution is -2.14. The number of carboxylic acid groups (broad SMARTS) is 1. The predicted octanol–water partition coefficient (Wildman–Crippen LogP) is 0.823. The van der Waals surface area contributed by atoms with E-state index in [0.717, 1.165) is 11.3 Å². The molecule has 90 valence electrons. The van der Waals surface area contributed by atoms with Crippen molar-refractivity contribution in [2.45, 2.75) is 20.0 Å². The fourth-order valence-corrected chi connectivity index (χ4v) is 1.86. The molecule has 0 atom stereocenters. The number of nitrogens with zero attached hydrogens (tertiary/aromatic N) is 3. The Morgan fingerprint density at radius 2 is 2.35 bits per heavy atom. The predicted molar refractivity (Wildman–Crippen MR) is 58.7 cm³/mol. The van der Waals surface area contributed by atoms with Gasteiger partial charge in [-0.15, -0.1) is 11.3 Å². The Morgan fingerprint density at radius 1 is 1.53 bits per heavy atom. The highest BCUT2D eigenvalue weighted by atomic mass is 32.1. The maximum atomic E-state index is 10.6. The highest BCUT2D eigenvalue weighted by molar-refractivity contribution is 7.11. The Hall–Kier alpha value is -1.80. The number of nitrogens with one attached hydrogen (secondary N) is 1. The molecule has 2 aromatic rings. The minimum absolute atomic E-state index is 0.0946. The smallest absolute Gasteiger partial charge is 0.365 e. The molecule has 0 bridgehead atoms. The Balaban J connectivity index is 1.83. The molecule has 2 aromatic heterocycles. The topological polar surface area (TPSA) is 101 Å². The van der Waals surface area contributed by atoms with Gasteiger partial charge in [0, 0.05) is 18.8 Å². The van der Waals surface area contributed by atoms with Gasteiger partial charge in [0.05, 0.1) is 12.2 Å². The lowest BCUT2D eigenvalue weighted by atomic mass is 10.4. The zero-order chi connectivity index (χ0) is 12.3. The molecule has 0 radical (unpaired) electrons. The van der Waals surface area contributed by atoms with Gasteiger partial charge in [0.25, 0.3) is 0 Å². The maximum Gasteiger partial charge on any atom is 0.365 e. The van der Waals surface area contributed by atoms with Gasteiger partial charge < -0.3 is 14.9 Å². The number of aryl methyl sites for hydroxylation is 1. The second-order valence-corrected chi connectivity index (χ2v) is 4.14. The molecule has 0 aromatic carbocycles. The van der Waals surface area contributed by atoms with Crippen molar-refractivity contribution in [3.63, 3.8) is 0 Å². The molecule has 2 rings (SSSR count). The summed E-state index contributed by atoms with van der Waals surface area (Å²) in [4.78, 5) is 18.6. The van der Waals surface area contributed by atoms with Crippen molar-refractivity contribution in [1.29, 1.82) is 0 Å². The minimum Gasteiger partial charge on any atom is -0.476 e. The molecule has 17 heavy (non-hydrogen) atoms. The van der Waals surface area contributed by atoms with Crippen LogP contribution in [-0.4, -0.2) is 26.2 Å². The summed E-state index contributed by atoms with van der Waals surface area (Å²) in [6.45, 7) is 2.64. The number of hydrogen-bond donors (Lipinski definition) is 2.